The summed E-state index contributed by atoms with van der Waals surface area (Å²) in [5, 5.41) is 8.98. The van der Waals surface area contributed by atoms with Gasteiger partial charge in [-0.25, -0.2) is 9.78 Å². The summed E-state index contributed by atoms with van der Waals surface area (Å²) in [6.07, 6.45) is 2.72. The van der Waals surface area contributed by atoms with Gasteiger partial charge in [0.1, 0.15) is 11.4 Å². The predicted molar refractivity (Wildman–Crippen MR) is 93.2 cm³/mol. The van der Waals surface area contributed by atoms with E-state index in [2.05, 4.69) is 4.98 Å². The van der Waals surface area contributed by atoms with Crippen molar-refractivity contribution < 1.29 is 14.6 Å². The standard InChI is InChI=1S/C19H18N2O3/c1-3-24-15-9-7-14(8-10-15)19-16(11-12-18(22)23)21-13(2)5-4-6-17(21)20-19/h4-12H,3H2,1-2H3,(H,22,23)/b12-11+. The van der Waals surface area contributed by atoms with Gasteiger partial charge >= 0.3 is 5.97 Å². The molecule has 2 heterocycles. The summed E-state index contributed by atoms with van der Waals surface area (Å²) in [7, 11) is 0. The fourth-order valence-corrected chi connectivity index (χ4v) is 2.67. The van der Waals surface area contributed by atoms with E-state index in [1.165, 1.54) is 0 Å². The van der Waals surface area contributed by atoms with E-state index in [1.54, 1.807) is 6.08 Å². The fourth-order valence-electron chi connectivity index (χ4n) is 2.67. The Hall–Kier alpha value is -3.08. The molecule has 3 rings (SSSR count). The molecule has 0 aliphatic heterocycles. The zero-order valence-electron chi connectivity index (χ0n) is 13.6. The molecule has 0 aliphatic rings. The molecule has 0 unspecified atom stereocenters. The van der Waals surface area contributed by atoms with Crippen LogP contribution in [0.1, 0.15) is 18.3 Å². The van der Waals surface area contributed by atoms with Crippen LogP contribution in [0, 0.1) is 6.92 Å². The second-order valence-electron chi connectivity index (χ2n) is 5.34. The van der Waals surface area contributed by atoms with Crippen molar-refractivity contribution in [3.63, 3.8) is 0 Å². The molecule has 0 radical (unpaired) electrons. The van der Waals surface area contributed by atoms with Crippen LogP contribution >= 0.6 is 0 Å². The third-order valence-corrected chi connectivity index (χ3v) is 3.70. The predicted octanol–water partition coefficient (Wildman–Crippen LogP) is 3.81. The van der Waals surface area contributed by atoms with Gasteiger partial charge in [-0.1, -0.05) is 6.07 Å². The number of fused-ring (bicyclic) bond motifs is 1. The van der Waals surface area contributed by atoms with Crippen molar-refractivity contribution >= 4 is 17.7 Å². The molecule has 3 aromatic rings. The molecule has 1 N–H and O–H groups in total. The Bertz CT molecular complexity index is 908. The van der Waals surface area contributed by atoms with E-state index in [4.69, 9.17) is 9.84 Å². The molecule has 0 saturated heterocycles. The van der Waals surface area contributed by atoms with Crippen LogP contribution in [0.4, 0.5) is 0 Å². The highest BCUT2D eigenvalue weighted by Crippen LogP contribution is 2.28. The molecular weight excluding hydrogens is 304 g/mol. The Morgan fingerprint density at radius 2 is 2.00 bits per heavy atom. The SMILES string of the molecule is CCOc1ccc(-c2nc3cccc(C)n3c2/C=C/C(=O)O)cc1. The minimum Gasteiger partial charge on any atom is -0.494 e. The van der Waals surface area contributed by atoms with Crippen molar-refractivity contribution in [2.45, 2.75) is 13.8 Å². The zero-order valence-corrected chi connectivity index (χ0v) is 13.6. The Kier molecular flexibility index (Phi) is 4.33. The Balaban J connectivity index is 2.17. The topological polar surface area (TPSA) is 63.8 Å². The first-order chi connectivity index (χ1) is 11.6. The average molecular weight is 322 g/mol. The maximum atomic E-state index is 10.9. The molecule has 0 bridgehead atoms. The molecule has 0 amide bonds. The third-order valence-electron chi connectivity index (χ3n) is 3.70. The van der Waals surface area contributed by atoms with Gasteiger partial charge in [-0.3, -0.25) is 4.40 Å². The number of aliphatic carboxylic acids is 1. The van der Waals surface area contributed by atoms with Gasteiger partial charge in [0.05, 0.1) is 18.0 Å². The third kappa shape index (κ3) is 3.01. The van der Waals surface area contributed by atoms with E-state index >= 15 is 0 Å². The summed E-state index contributed by atoms with van der Waals surface area (Å²) in [6.45, 7) is 4.52. The highest BCUT2D eigenvalue weighted by atomic mass is 16.5. The first-order valence-electron chi connectivity index (χ1n) is 7.72. The first-order valence-corrected chi connectivity index (χ1v) is 7.72. The van der Waals surface area contributed by atoms with Crippen LogP contribution in [-0.4, -0.2) is 27.1 Å². The fraction of sp³-hybridized carbons (Fsp3) is 0.158. The van der Waals surface area contributed by atoms with Gasteiger partial charge in [0.15, 0.2) is 0 Å². The number of carbonyl (C=O) groups is 1. The molecule has 0 aliphatic carbocycles. The Labute approximate surface area is 139 Å². The number of nitrogens with zero attached hydrogens (tertiary/aromatic N) is 2. The Morgan fingerprint density at radius 3 is 2.67 bits per heavy atom. The number of imidazole rings is 1. The second-order valence-corrected chi connectivity index (χ2v) is 5.34. The normalized spacial score (nSPS) is 11.2. The van der Waals surface area contributed by atoms with Crippen LogP contribution in [0.15, 0.2) is 48.5 Å². The molecule has 122 valence electrons. The number of hydrogen-bond donors (Lipinski definition) is 1. The van der Waals surface area contributed by atoms with E-state index in [0.717, 1.165) is 40.1 Å². The van der Waals surface area contributed by atoms with Gasteiger partial charge < -0.3 is 9.84 Å². The number of rotatable bonds is 5. The molecule has 24 heavy (non-hydrogen) atoms. The largest absolute Gasteiger partial charge is 0.494 e. The number of benzene rings is 1. The summed E-state index contributed by atoms with van der Waals surface area (Å²) < 4.78 is 7.42. The van der Waals surface area contributed by atoms with Gasteiger partial charge in [-0.15, -0.1) is 0 Å². The van der Waals surface area contributed by atoms with E-state index in [9.17, 15) is 4.79 Å². The van der Waals surface area contributed by atoms with Gasteiger partial charge in [0.25, 0.3) is 0 Å². The number of carboxylic acid groups (broad SMARTS) is 1. The molecule has 0 saturated carbocycles. The molecule has 5 nitrogen and oxygen atoms in total. The highest BCUT2D eigenvalue weighted by molar-refractivity contribution is 5.87. The molecule has 1 aromatic carbocycles. The van der Waals surface area contributed by atoms with Crippen LogP contribution < -0.4 is 4.74 Å². The number of aryl methyl sites for hydroxylation is 1. The quantitative estimate of drug-likeness (QED) is 0.726. The maximum Gasteiger partial charge on any atom is 0.328 e. The molecule has 0 spiro atoms. The van der Waals surface area contributed by atoms with Gasteiger partial charge in [0, 0.05) is 17.3 Å². The van der Waals surface area contributed by atoms with E-state index in [1.807, 2.05) is 60.7 Å². The molecule has 0 fully saturated rings. The minimum atomic E-state index is -0.990. The van der Waals surface area contributed by atoms with Crippen LogP contribution in [0.5, 0.6) is 5.75 Å². The average Bonchev–Trinajstić information content (AvgIpc) is 2.94. The Morgan fingerprint density at radius 1 is 1.25 bits per heavy atom. The number of aromatic nitrogens is 2. The monoisotopic (exact) mass is 322 g/mol. The molecular formula is C19H18N2O3. The number of carboxylic acids is 1. The lowest BCUT2D eigenvalue weighted by atomic mass is 10.1. The van der Waals surface area contributed by atoms with Crippen LogP contribution in [0.3, 0.4) is 0 Å². The number of ether oxygens (including phenoxy) is 1. The zero-order chi connectivity index (χ0) is 17.1. The van der Waals surface area contributed by atoms with Crippen molar-refractivity contribution in [2.24, 2.45) is 0 Å². The molecule has 5 heteroatoms. The summed E-state index contributed by atoms with van der Waals surface area (Å²) >= 11 is 0. The van der Waals surface area contributed by atoms with Crippen molar-refractivity contribution in [2.75, 3.05) is 6.61 Å². The smallest absolute Gasteiger partial charge is 0.328 e. The van der Waals surface area contributed by atoms with E-state index < -0.39 is 5.97 Å². The van der Waals surface area contributed by atoms with Crippen molar-refractivity contribution in [1.29, 1.82) is 0 Å². The lowest BCUT2D eigenvalue weighted by molar-refractivity contribution is -0.131. The van der Waals surface area contributed by atoms with Crippen molar-refractivity contribution in [1.82, 2.24) is 9.38 Å². The van der Waals surface area contributed by atoms with Gasteiger partial charge in [0.2, 0.25) is 0 Å². The lowest BCUT2D eigenvalue weighted by Gasteiger charge is -2.05. The first kappa shape index (κ1) is 15.8. The highest BCUT2D eigenvalue weighted by Gasteiger charge is 2.13. The summed E-state index contributed by atoms with van der Waals surface area (Å²) in [4.78, 5) is 15.6. The van der Waals surface area contributed by atoms with E-state index in [-0.39, 0.29) is 0 Å². The van der Waals surface area contributed by atoms with Crippen molar-refractivity contribution in [3.8, 4) is 17.0 Å². The van der Waals surface area contributed by atoms with Crippen LogP contribution in [0.2, 0.25) is 0 Å². The summed E-state index contributed by atoms with van der Waals surface area (Å²) in [6, 6.07) is 13.4. The van der Waals surface area contributed by atoms with Crippen LogP contribution in [-0.2, 0) is 4.79 Å². The molecule has 0 atom stereocenters. The lowest BCUT2D eigenvalue weighted by Crippen LogP contribution is -1.95. The number of hydrogen-bond acceptors (Lipinski definition) is 3. The maximum absolute atomic E-state index is 10.9. The molecule has 2 aromatic heterocycles. The van der Waals surface area contributed by atoms with Gasteiger partial charge in [-0.05, 0) is 56.3 Å². The summed E-state index contributed by atoms with van der Waals surface area (Å²) in [5.74, 6) is -0.194. The summed E-state index contributed by atoms with van der Waals surface area (Å²) in [5.41, 5.74) is 4.16. The van der Waals surface area contributed by atoms with Gasteiger partial charge in [-0.2, -0.15) is 0 Å². The van der Waals surface area contributed by atoms with E-state index in [0.29, 0.717) is 6.61 Å². The second kappa shape index (κ2) is 6.58. The van der Waals surface area contributed by atoms with Crippen LogP contribution in [0.25, 0.3) is 23.0 Å². The number of pyridine rings is 1. The minimum absolute atomic E-state index is 0.611. The van der Waals surface area contributed by atoms with Crippen molar-refractivity contribution in [3.05, 3.63) is 59.9 Å².